The molecule has 0 saturated heterocycles. The van der Waals surface area contributed by atoms with E-state index in [2.05, 4.69) is 5.32 Å². The van der Waals surface area contributed by atoms with Crippen molar-refractivity contribution in [1.82, 2.24) is 5.32 Å². The molecule has 0 aliphatic rings. The van der Waals surface area contributed by atoms with E-state index in [1.54, 1.807) is 32.9 Å². The summed E-state index contributed by atoms with van der Waals surface area (Å²) >= 11 is 0. The number of ether oxygens (including phenoxy) is 1. The highest BCUT2D eigenvalue weighted by Crippen LogP contribution is 2.21. The standard InChI is InChI=1S/C23H28N2O6/c1-23(2,3)31-22(30)25-19(21(28)29)13-15-6-10-17(11-7-15)16-8-4-14(5-9-16)12-18(24)20(26)27/h4-11,18-19H,12-13,24H2,1-3H3,(H,25,30)(H,26,27)(H,28,29)/t18-,19-/m0/s1. The van der Waals surface area contributed by atoms with Crippen LogP contribution in [0.5, 0.6) is 0 Å². The van der Waals surface area contributed by atoms with Crippen LogP contribution in [0.4, 0.5) is 4.79 Å². The molecule has 0 radical (unpaired) electrons. The molecule has 0 bridgehead atoms. The molecule has 0 fully saturated rings. The lowest BCUT2D eigenvalue weighted by Gasteiger charge is -2.22. The molecule has 2 aromatic rings. The Bertz CT molecular complexity index is 917. The van der Waals surface area contributed by atoms with E-state index in [4.69, 9.17) is 15.6 Å². The Morgan fingerprint density at radius 3 is 1.71 bits per heavy atom. The number of carbonyl (C=O) groups is 3. The van der Waals surface area contributed by atoms with Gasteiger partial charge in [0.05, 0.1) is 0 Å². The molecule has 0 aliphatic carbocycles. The second-order valence-corrected chi connectivity index (χ2v) is 8.28. The van der Waals surface area contributed by atoms with Crippen molar-refractivity contribution in [1.29, 1.82) is 0 Å². The first-order chi connectivity index (χ1) is 14.4. The van der Waals surface area contributed by atoms with Crippen LogP contribution in [-0.4, -0.2) is 45.9 Å². The third kappa shape index (κ3) is 7.75. The number of rotatable bonds is 8. The quantitative estimate of drug-likeness (QED) is 0.507. The molecule has 2 rings (SSSR count). The predicted molar refractivity (Wildman–Crippen MR) is 116 cm³/mol. The highest BCUT2D eigenvalue weighted by atomic mass is 16.6. The maximum atomic E-state index is 11.9. The summed E-state index contributed by atoms with van der Waals surface area (Å²) in [5.41, 5.74) is 8.27. The van der Waals surface area contributed by atoms with Gasteiger partial charge < -0.3 is 26.0 Å². The van der Waals surface area contributed by atoms with E-state index in [1.807, 2.05) is 36.4 Å². The third-order valence-electron chi connectivity index (χ3n) is 4.44. The number of carboxylic acids is 2. The van der Waals surface area contributed by atoms with Gasteiger partial charge in [0, 0.05) is 6.42 Å². The lowest BCUT2D eigenvalue weighted by molar-refractivity contribution is -0.140. The second-order valence-electron chi connectivity index (χ2n) is 8.28. The van der Waals surface area contributed by atoms with Gasteiger partial charge in [-0.1, -0.05) is 48.5 Å². The number of hydrogen-bond acceptors (Lipinski definition) is 5. The lowest BCUT2D eigenvalue weighted by Crippen LogP contribution is -2.44. The van der Waals surface area contributed by atoms with Crippen LogP contribution in [0.2, 0.25) is 0 Å². The van der Waals surface area contributed by atoms with Gasteiger partial charge in [0.1, 0.15) is 17.7 Å². The number of aliphatic carboxylic acids is 2. The number of benzene rings is 2. The zero-order chi connectivity index (χ0) is 23.2. The number of amides is 1. The van der Waals surface area contributed by atoms with E-state index in [1.165, 1.54) is 0 Å². The largest absolute Gasteiger partial charge is 0.480 e. The highest BCUT2D eigenvalue weighted by Gasteiger charge is 2.24. The fourth-order valence-corrected chi connectivity index (χ4v) is 2.89. The van der Waals surface area contributed by atoms with Gasteiger partial charge in [0.15, 0.2) is 0 Å². The molecule has 166 valence electrons. The van der Waals surface area contributed by atoms with E-state index < -0.39 is 35.7 Å². The average Bonchev–Trinajstić information content (AvgIpc) is 2.67. The number of carboxylic acid groups (broad SMARTS) is 2. The molecule has 2 atom stereocenters. The van der Waals surface area contributed by atoms with Crippen molar-refractivity contribution < 1.29 is 29.3 Å². The van der Waals surface area contributed by atoms with Crippen LogP contribution in [0.3, 0.4) is 0 Å². The number of nitrogens with two attached hydrogens (primary N) is 1. The summed E-state index contributed by atoms with van der Waals surface area (Å²) in [6.45, 7) is 5.11. The van der Waals surface area contributed by atoms with Crippen LogP contribution in [0.15, 0.2) is 48.5 Å². The Balaban J connectivity index is 2.04. The molecular formula is C23H28N2O6. The molecule has 8 nitrogen and oxygen atoms in total. The zero-order valence-electron chi connectivity index (χ0n) is 17.8. The van der Waals surface area contributed by atoms with Gasteiger partial charge in [-0.15, -0.1) is 0 Å². The van der Waals surface area contributed by atoms with E-state index in [9.17, 15) is 19.5 Å². The monoisotopic (exact) mass is 428 g/mol. The van der Waals surface area contributed by atoms with E-state index >= 15 is 0 Å². The topological polar surface area (TPSA) is 139 Å². The van der Waals surface area contributed by atoms with Gasteiger partial charge in [-0.2, -0.15) is 0 Å². The molecule has 0 aromatic heterocycles. The molecule has 2 aromatic carbocycles. The van der Waals surface area contributed by atoms with Crippen LogP contribution >= 0.6 is 0 Å². The summed E-state index contributed by atoms with van der Waals surface area (Å²) in [4.78, 5) is 34.3. The van der Waals surface area contributed by atoms with Gasteiger partial charge in [-0.25, -0.2) is 9.59 Å². The maximum absolute atomic E-state index is 11.9. The second kappa shape index (κ2) is 10.1. The lowest BCUT2D eigenvalue weighted by atomic mass is 9.98. The summed E-state index contributed by atoms with van der Waals surface area (Å²) < 4.78 is 5.13. The summed E-state index contributed by atoms with van der Waals surface area (Å²) in [6, 6.07) is 12.7. The molecule has 1 amide bonds. The molecule has 31 heavy (non-hydrogen) atoms. The van der Waals surface area contributed by atoms with Gasteiger partial charge in [-0.3, -0.25) is 4.79 Å². The molecular weight excluding hydrogens is 400 g/mol. The van der Waals surface area contributed by atoms with Crippen molar-refractivity contribution in [3.8, 4) is 11.1 Å². The van der Waals surface area contributed by atoms with Gasteiger partial charge >= 0.3 is 18.0 Å². The number of nitrogens with one attached hydrogen (secondary N) is 1. The third-order valence-corrected chi connectivity index (χ3v) is 4.44. The SMILES string of the molecule is CC(C)(C)OC(=O)N[C@@H](Cc1ccc(-c2ccc(C[C@H](N)C(=O)O)cc2)cc1)C(=O)O. The van der Waals surface area contributed by atoms with Crippen molar-refractivity contribution in [3.63, 3.8) is 0 Å². The Morgan fingerprint density at radius 1 is 0.871 bits per heavy atom. The molecule has 0 unspecified atom stereocenters. The summed E-state index contributed by atoms with van der Waals surface area (Å²) in [5, 5.41) is 20.7. The zero-order valence-corrected chi connectivity index (χ0v) is 17.8. The molecule has 0 heterocycles. The summed E-state index contributed by atoms with van der Waals surface area (Å²) in [7, 11) is 0. The number of hydrogen-bond donors (Lipinski definition) is 4. The van der Waals surface area contributed by atoms with E-state index in [-0.39, 0.29) is 12.8 Å². The Morgan fingerprint density at radius 2 is 1.32 bits per heavy atom. The number of carbonyl (C=O) groups excluding carboxylic acids is 1. The first-order valence-corrected chi connectivity index (χ1v) is 9.83. The Kier molecular flexibility index (Phi) is 7.77. The first kappa shape index (κ1) is 23.9. The Hall–Kier alpha value is -3.39. The molecule has 5 N–H and O–H groups in total. The first-order valence-electron chi connectivity index (χ1n) is 9.83. The minimum Gasteiger partial charge on any atom is -0.480 e. The average molecular weight is 428 g/mol. The van der Waals surface area contributed by atoms with Crippen molar-refractivity contribution in [2.75, 3.05) is 0 Å². The summed E-state index contributed by atoms with van der Waals surface area (Å²) in [6.07, 6.45) is -0.421. The van der Waals surface area contributed by atoms with Crippen molar-refractivity contribution in [3.05, 3.63) is 59.7 Å². The summed E-state index contributed by atoms with van der Waals surface area (Å²) in [5.74, 6) is -2.19. The van der Waals surface area contributed by atoms with Crippen LogP contribution in [0.25, 0.3) is 11.1 Å². The fourth-order valence-electron chi connectivity index (χ4n) is 2.89. The molecule has 0 aliphatic heterocycles. The predicted octanol–water partition coefficient (Wildman–Crippen LogP) is 2.83. The van der Waals surface area contributed by atoms with Crippen LogP contribution in [0, 0.1) is 0 Å². The smallest absolute Gasteiger partial charge is 0.408 e. The fraction of sp³-hybridized carbons (Fsp3) is 0.348. The van der Waals surface area contributed by atoms with Crippen molar-refractivity contribution >= 4 is 18.0 Å². The number of alkyl carbamates (subject to hydrolysis) is 1. The van der Waals surface area contributed by atoms with Gasteiger partial charge in [0.2, 0.25) is 0 Å². The van der Waals surface area contributed by atoms with E-state index in [0.29, 0.717) is 0 Å². The van der Waals surface area contributed by atoms with Crippen LogP contribution in [0.1, 0.15) is 31.9 Å². The Labute approximate surface area is 181 Å². The van der Waals surface area contributed by atoms with Crippen LogP contribution < -0.4 is 11.1 Å². The molecule has 0 spiro atoms. The normalized spacial score (nSPS) is 13.2. The maximum Gasteiger partial charge on any atom is 0.408 e. The minimum absolute atomic E-state index is 0.112. The van der Waals surface area contributed by atoms with E-state index in [0.717, 1.165) is 22.3 Å². The molecule has 8 heteroatoms. The van der Waals surface area contributed by atoms with Crippen LogP contribution in [-0.2, 0) is 27.2 Å². The highest BCUT2D eigenvalue weighted by molar-refractivity contribution is 5.80. The van der Waals surface area contributed by atoms with Crippen molar-refractivity contribution in [2.45, 2.75) is 51.3 Å². The van der Waals surface area contributed by atoms with Gasteiger partial charge in [0.25, 0.3) is 0 Å². The minimum atomic E-state index is -1.15. The van der Waals surface area contributed by atoms with Crippen molar-refractivity contribution in [2.24, 2.45) is 5.73 Å². The molecule has 0 saturated carbocycles. The van der Waals surface area contributed by atoms with Gasteiger partial charge in [-0.05, 0) is 49.4 Å².